The van der Waals surface area contributed by atoms with E-state index in [0.29, 0.717) is 22.6 Å². The average molecular weight is 295 g/mol. The lowest BCUT2D eigenvalue weighted by atomic mass is 10.0. The predicted molar refractivity (Wildman–Crippen MR) is 78.5 cm³/mol. The minimum Gasteiger partial charge on any atom is -0.477 e. The zero-order chi connectivity index (χ0) is 14.9. The van der Waals surface area contributed by atoms with E-state index < -0.39 is 5.97 Å². The Bertz CT molecular complexity index is 652. The van der Waals surface area contributed by atoms with E-state index >= 15 is 0 Å². The Hall–Kier alpha value is -1.73. The van der Waals surface area contributed by atoms with Gasteiger partial charge in [0.25, 0.3) is 0 Å². The summed E-state index contributed by atoms with van der Waals surface area (Å²) in [7, 11) is 0. The van der Waals surface area contributed by atoms with E-state index in [9.17, 15) is 9.90 Å². The lowest BCUT2D eigenvalue weighted by Crippen LogP contribution is -2.32. The number of anilines is 1. The number of fused-ring (bicyclic) bond motifs is 1. The topological polar surface area (TPSA) is 95.3 Å². The van der Waals surface area contributed by atoms with Crippen molar-refractivity contribution in [1.82, 2.24) is 9.97 Å². The second kappa shape index (κ2) is 5.34. The highest BCUT2D eigenvalue weighted by Crippen LogP contribution is 2.34. The van der Waals surface area contributed by atoms with Gasteiger partial charge in [0.2, 0.25) is 0 Å². The molecule has 7 heteroatoms. The highest BCUT2D eigenvalue weighted by atomic mass is 32.1. The number of rotatable bonds is 5. The summed E-state index contributed by atoms with van der Waals surface area (Å²) in [5.74, 6) is -0.347. The van der Waals surface area contributed by atoms with Crippen LogP contribution in [0.1, 0.15) is 35.5 Å². The number of aliphatic hydroxyl groups excluding tert-OH is 1. The monoisotopic (exact) mass is 295 g/mol. The first-order valence-electron chi connectivity index (χ1n) is 6.22. The number of carboxylic acid groups (broad SMARTS) is 1. The molecule has 0 saturated heterocycles. The van der Waals surface area contributed by atoms with Gasteiger partial charge in [-0.1, -0.05) is 0 Å². The summed E-state index contributed by atoms with van der Waals surface area (Å²) in [5.41, 5.74) is 0.328. The van der Waals surface area contributed by atoms with Crippen LogP contribution < -0.4 is 5.32 Å². The number of aryl methyl sites for hydroxylation is 1. The van der Waals surface area contributed by atoms with Gasteiger partial charge in [-0.05, 0) is 32.8 Å². The molecule has 2 aromatic heterocycles. The van der Waals surface area contributed by atoms with E-state index in [1.807, 2.05) is 13.8 Å². The van der Waals surface area contributed by atoms with E-state index in [0.717, 1.165) is 16.7 Å². The van der Waals surface area contributed by atoms with Crippen LogP contribution in [0.25, 0.3) is 10.2 Å². The highest BCUT2D eigenvalue weighted by molar-refractivity contribution is 7.20. The van der Waals surface area contributed by atoms with Crippen LogP contribution in [0.4, 0.5) is 5.82 Å². The van der Waals surface area contributed by atoms with Crippen molar-refractivity contribution in [3.05, 3.63) is 16.8 Å². The van der Waals surface area contributed by atoms with Crippen LogP contribution in [-0.2, 0) is 0 Å². The Morgan fingerprint density at radius 2 is 2.15 bits per heavy atom. The molecular weight excluding hydrogens is 278 g/mol. The third kappa shape index (κ3) is 2.73. The summed E-state index contributed by atoms with van der Waals surface area (Å²) < 4.78 is 0. The molecule has 20 heavy (non-hydrogen) atoms. The maximum Gasteiger partial charge on any atom is 0.346 e. The fourth-order valence-electron chi connectivity index (χ4n) is 2.03. The van der Waals surface area contributed by atoms with Crippen molar-refractivity contribution in [3.63, 3.8) is 0 Å². The van der Waals surface area contributed by atoms with Gasteiger partial charge in [-0.25, -0.2) is 14.8 Å². The molecule has 0 fully saturated rings. The Kier molecular flexibility index (Phi) is 3.92. The molecule has 108 valence electrons. The second-order valence-corrected chi connectivity index (χ2v) is 6.25. The summed E-state index contributed by atoms with van der Waals surface area (Å²) in [6, 6.07) is 0. The highest BCUT2D eigenvalue weighted by Gasteiger charge is 2.22. The van der Waals surface area contributed by atoms with Gasteiger partial charge in [0.15, 0.2) is 0 Å². The molecule has 6 nitrogen and oxygen atoms in total. The number of carboxylic acids is 1. The van der Waals surface area contributed by atoms with Gasteiger partial charge in [-0.15, -0.1) is 11.3 Å². The van der Waals surface area contributed by atoms with Crippen LogP contribution in [-0.4, -0.2) is 38.3 Å². The smallest absolute Gasteiger partial charge is 0.346 e. The number of thiophene rings is 1. The van der Waals surface area contributed by atoms with Crippen LogP contribution in [0.5, 0.6) is 0 Å². The molecule has 0 aliphatic rings. The average Bonchev–Trinajstić information content (AvgIpc) is 2.67. The number of aliphatic hydroxyl groups is 1. The van der Waals surface area contributed by atoms with Crippen LogP contribution in [0.3, 0.4) is 0 Å². The lowest BCUT2D eigenvalue weighted by molar-refractivity contribution is 0.0701. The molecule has 0 amide bonds. The van der Waals surface area contributed by atoms with Crippen LogP contribution >= 0.6 is 11.3 Å². The van der Waals surface area contributed by atoms with E-state index in [1.165, 1.54) is 6.33 Å². The second-order valence-electron chi connectivity index (χ2n) is 5.25. The molecule has 0 aliphatic carbocycles. The molecule has 2 heterocycles. The van der Waals surface area contributed by atoms with Crippen molar-refractivity contribution < 1.29 is 15.0 Å². The summed E-state index contributed by atoms with van der Waals surface area (Å²) in [6.45, 7) is 5.74. The predicted octanol–water partition coefficient (Wildman–Crippen LogP) is 2.27. The molecule has 0 atom stereocenters. The van der Waals surface area contributed by atoms with Gasteiger partial charge < -0.3 is 15.5 Å². The Morgan fingerprint density at radius 3 is 2.75 bits per heavy atom. The molecule has 0 saturated carbocycles. The van der Waals surface area contributed by atoms with Crippen LogP contribution in [0.15, 0.2) is 6.33 Å². The van der Waals surface area contributed by atoms with Gasteiger partial charge in [0, 0.05) is 12.1 Å². The van der Waals surface area contributed by atoms with Gasteiger partial charge in [0.05, 0.1) is 5.39 Å². The zero-order valence-electron chi connectivity index (χ0n) is 11.6. The quantitative estimate of drug-likeness (QED) is 0.783. The molecule has 2 rings (SSSR count). The van der Waals surface area contributed by atoms with Crippen LogP contribution in [0, 0.1) is 6.92 Å². The third-order valence-corrected chi connectivity index (χ3v) is 4.30. The van der Waals surface area contributed by atoms with Crippen LogP contribution in [0.2, 0.25) is 0 Å². The first kappa shape index (κ1) is 14.7. The molecule has 3 N–H and O–H groups in total. The number of aromatic nitrogens is 2. The van der Waals surface area contributed by atoms with E-state index in [1.54, 1.807) is 6.92 Å². The Labute approximate surface area is 120 Å². The maximum absolute atomic E-state index is 11.2. The van der Waals surface area contributed by atoms with Gasteiger partial charge in [-0.3, -0.25) is 0 Å². The minimum absolute atomic E-state index is 0.0667. The standard InChI is InChI=1S/C13H17N3O3S/c1-7-8-10(16-13(2,3)4-5-17)14-6-15-11(8)20-9(7)12(18)19/h6,17H,4-5H2,1-3H3,(H,18,19)(H,14,15,16). The zero-order valence-corrected chi connectivity index (χ0v) is 12.4. The van der Waals surface area contributed by atoms with Gasteiger partial charge in [-0.2, -0.15) is 0 Å². The fourth-order valence-corrected chi connectivity index (χ4v) is 3.02. The van der Waals surface area contributed by atoms with E-state index in [4.69, 9.17) is 5.11 Å². The number of nitrogens with one attached hydrogen (secondary N) is 1. The molecule has 0 aromatic carbocycles. The molecule has 2 aromatic rings. The molecule has 0 bridgehead atoms. The summed E-state index contributed by atoms with van der Waals surface area (Å²) >= 11 is 1.15. The summed E-state index contributed by atoms with van der Waals surface area (Å²) in [5, 5.41) is 22.3. The molecule has 0 spiro atoms. The minimum atomic E-state index is -0.953. The largest absolute Gasteiger partial charge is 0.477 e. The van der Waals surface area contributed by atoms with Crippen molar-refractivity contribution in [3.8, 4) is 0 Å². The van der Waals surface area contributed by atoms with E-state index in [2.05, 4.69) is 15.3 Å². The Balaban J connectivity index is 2.52. The number of hydrogen-bond acceptors (Lipinski definition) is 6. The number of nitrogens with zero attached hydrogens (tertiary/aromatic N) is 2. The maximum atomic E-state index is 11.2. The summed E-state index contributed by atoms with van der Waals surface area (Å²) in [6.07, 6.45) is 1.98. The lowest BCUT2D eigenvalue weighted by Gasteiger charge is -2.26. The molecule has 0 unspecified atom stereocenters. The molecule has 0 radical (unpaired) electrons. The van der Waals surface area contributed by atoms with Crippen molar-refractivity contribution in [2.75, 3.05) is 11.9 Å². The number of carbonyl (C=O) groups is 1. The van der Waals surface area contributed by atoms with E-state index in [-0.39, 0.29) is 17.0 Å². The molecular formula is C13H17N3O3S. The van der Waals surface area contributed by atoms with Crippen molar-refractivity contribution in [2.24, 2.45) is 0 Å². The number of hydrogen-bond donors (Lipinski definition) is 3. The molecule has 0 aliphatic heterocycles. The van der Waals surface area contributed by atoms with Crippen molar-refractivity contribution >= 4 is 33.3 Å². The number of aromatic carboxylic acids is 1. The van der Waals surface area contributed by atoms with Gasteiger partial charge in [0.1, 0.15) is 21.9 Å². The third-order valence-electron chi connectivity index (χ3n) is 3.11. The Morgan fingerprint density at radius 1 is 1.45 bits per heavy atom. The first-order chi connectivity index (χ1) is 9.35. The first-order valence-corrected chi connectivity index (χ1v) is 7.04. The fraction of sp³-hybridized carbons (Fsp3) is 0.462. The summed E-state index contributed by atoms with van der Waals surface area (Å²) in [4.78, 5) is 20.5. The van der Waals surface area contributed by atoms with Gasteiger partial charge >= 0.3 is 5.97 Å². The van der Waals surface area contributed by atoms with Crippen molar-refractivity contribution in [1.29, 1.82) is 0 Å². The van der Waals surface area contributed by atoms with Crippen molar-refractivity contribution in [2.45, 2.75) is 32.7 Å². The SMILES string of the molecule is Cc1c(C(=O)O)sc2ncnc(NC(C)(C)CCO)c12. The normalized spacial score (nSPS) is 11.8.